The van der Waals surface area contributed by atoms with Gasteiger partial charge in [0.2, 0.25) is 0 Å². The Bertz CT molecular complexity index is 1250. The quantitative estimate of drug-likeness (QED) is 0.0199. The van der Waals surface area contributed by atoms with Crippen LogP contribution in [0, 0.1) is 0 Å². The molecule has 6 nitrogen and oxygen atoms in total. The van der Waals surface area contributed by atoms with Crippen LogP contribution in [0.4, 0.5) is 0 Å². The molecule has 0 aromatic carbocycles. The lowest BCUT2D eigenvalue weighted by molar-refractivity contribution is -0.167. The molecule has 0 spiro atoms. The molecule has 0 N–H and O–H groups in total. The van der Waals surface area contributed by atoms with Crippen molar-refractivity contribution in [2.24, 2.45) is 0 Å². The van der Waals surface area contributed by atoms with E-state index in [1.165, 1.54) is 109 Å². The Kier molecular flexibility index (Phi) is 49.4. The molecule has 0 bridgehead atoms. The first kappa shape index (κ1) is 60.6. The van der Waals surface area contributed by atoms with Crippen LogP contribution in [-0.4, -0.2) is 37.2 Å². The van der Waals surface area contributed by atoms with Crippen molar-refractivity contribution < 1.29 is 28.6 Å². The summed E-state index contributed by atoms with van der Waals surface area (Å²) in [6, 6.07) is 0. The lowest BCUT2D eigenvalue weighted by Gasteiger charge is -2.18. The standard InChI is InChI=1S/C58H98O6/c1-4-7-10-13-16-19-22-25-28-29-31-33-36-39-42-45-48-51-57(60)63-54-55(53-62-56(59)50-47-44-41-38-35-32-27-24-21-18-15-12-9-6-3)64-58(61)52-49-46-43-40-37-34-30-26-23-20-17-14-11-8-5-2/h16-17,19-20,23,25-26,28,31-33,35,39,42,55H,4-15,18,21-22,24,27,29-30,34,36-38,40-41,43-54H2,1-3H3/b19-16-,20-17-,26-23-,28-25-,33-31-,35-32-,42-39-. The zero-order valence-electron chi connectivity index (χ0n) is 41.8. The molecule has 0 amide bonds. The smallest absolute Gasteiger partial charge is 0.306 e. The van der Waals surface area contributed by atoms with Crippen molar-refractivity contribution in [1.29, 1.82) is 0 Å². The second-order valence-electron chi connectivity index (χ2n) is 17.5. The average molecular weight is 891 g/mol. The van der Waals surface area contributed by atoms with Crippen molar-refractivity contribution in [3.8, 4) is 0 Å². The zero-order valence-corrected chi connectivity index (χ0v) is 41.8. The van der Waals surface area contributed by atoms with E-state index in [0.29, 0.717) is 19.3 Å². The summed E-state index contributed by atoms with van der Waals surface area (Å²) in [5, 5.41) is 0. The summed E-state index contributed by atoms with van der Waals surface area (Å²) in [4.78, 5) is 38.0. The highest BCUT2D eigenvalue weighted by Crippen LogP contribution is 2.13. The molecule has 0 radical (unpaired) electrons. The minimum atomic E-state index is -0.810. The Morgan fingerprint density at radius 1 is 0.328 bits per heavy atom. The molecule has 0 saturated carbocycles. The number of carbonyl (C=O) groups excluding carboxylic acids is 3. The summed E-state index contributed by atoms with van der Waals surface area (Å²) in [7, 11) is 0. The van der Waals surface area contributed by atoms with E-state index in [1.54, 1.807) is 0 Å². The Hall–Kier alpha value is -3.41. The Morgan fingerprint density at radius 2 is 0.625 bits per heavy atom. The topological polar surface area (TPSA) is 78.9 Å². The van der Waals surface area contributed by atoms with Crippen LogP contribution < -0.4 is 0 Å². The first-order chi connectivity index (χ1) is 31.5. The number of esters is 3. The molecule has 0 aliphatic rings. The van der Waals surface area contributed by atoms with Crippen LogP contribution in [-0.2, 0) is 28.6 Å². The van der Waals surface area contributed by atoms with Crippen LogP contribution in [0.15, 0.2) is 85.1 Å². The fourth-order valence-corrected chi connectivity index (χ4v) is 7.07. The number of hydrogen-bond donors (Lipinski definition) is 0. The molecule has 0 aromatic heterocycles. The first-order valence-corrected chi connectivity index (χ1v) is 26.6. The van der Waals surface area contributed by atoms with Crippen LogP contribution in [0.1, 0.15) is 245 Å². The molecule has 0 aromatic rings. The van der Waals surface area contributed by atoms with Gasteiger partial charge in [0, 0.05) is 19.3 Å². The minimum Gasteiger partial charge on any atom is -0.462 e. The highest BCUT2D eigenvalue weighted by atomic mass is 16.6. The van der Waals surface area contributed by atoms with Gasteiger partial charge in [-0.25, -0.2) is 0 Å². The van der Waals surface area contributed by atoms with Crippen molar-refractivity contribution in [3.63, 3.8) is 0 Å². The minimum absolute atomic E-state index is 0.107. The van der Waals surface area contributed by atoms with Crippen LogP contribution in [0.2, 0.25) is 0 Å². The molecule has 0 fully saturated rings. The van der Waals surface area contributed by atoms with Gasteiger partial charge in [-0.15, -0.1) is 0 Å². The molecule has 1 unspecified atom stereocenters. The molecule has 1 atom stereocenters. The van der Waals surface area contributed by atoms with Gasteiger partial charge in [-0.05, 0) is 109 Å². The summed E-state index contributed by atoms with van der Waals surface area (Å²) in [6.45, 7) is 6.50. The first-order valence-electron chi connectivity index (χ1n) is 26.6. The highest BCUT2D eigenvalue weighted by molar-refractivity contribution is 5.71. The van der Waals surface area contributed by atoms with Gasteiger partial charge >= 0.3 is 17.9 Å². The van der Waals surface area contributed by atoms with Crippen LogP contribution >= 0.6 is 0 Å². The third-order valence-corrected chi connectivity index (χ3v) is 11.1. The Balaban J connectivity index is 4.52. The van der Waals surface area contributed by atoms with Crippen molar-refractivity contribution in [1.82, 2.24) is 0 Å². The van der Waals surface area contributed by atoms with Crippen LogP contribution in [0.3, 0.4) is 0 Å². The van der Waals surface area contributed by atoms with E-state index in [4.69, 9.17) is 14.2 Å². The van der Waals surface area contributed by atoms with Crippen LogP contribution in [0.25, 0.3) is 0 Å². The fraction of sp³-hybridized carbons (Fsp3) is 0.707. The number of ether oxygens (including phenoxy) is 3. The third-order valence-electron chi connectivity index (χ3n) is 11.1. The number of allylic oxidation sites excluding steroid dienone is 14. The van der Waals surface area contributed by atoms with Gasteiger partial charge in [0.25, 0.3) is 0 Å². The Labute approximate surface area is 395 Å². The number of carbonyl (C=O) groups is 3. The van der Waals surface area contributed by atoms with Crippen molar-refractivity contribution in [3.05, 3.63) is 85.1 Å². The van der Waals surface area contributed by atoms with E-state index < -0.39 is 6.10 Å². The lowest BCUT2D eigenvalue weighted by Crippen LogP contribution is -2.30. The predicted octanol–water partition coefficient (Wildman–Crippen LogP) is 17.6. The zero-order chi connectivity index (χ0) is 46.5. The van der Waals surface area contributed by atoms with E-state index in [1.807, 2.05) is 0 Å². The molecule has 6 heteroatoms. The van der Waals surface area contributed by atoms with Crippen molar-refractivity contribution >= 4 is 17.9 Å². The molecule has 366 valence electrons. The lowest BCUT2D eigenvalue weighted by atomic mass is 10.1. The van der Waals surface area contributed by atoms with Crippen molar-refractivity contribution in [2.45, 2.75) is 252 Å². The second kappa shape index (κ2) is 52.2. The molecular weight excluding hydrogens is 793 g/mol. The molecule has 0 rings (SSSR count). The van der Waals surface area contributed by atoms with Gasteiger partial charge in [0.15, 0.2) is 6.10 Å². The molecular formula is C58H98O6. The summed E-state index contributed by atoms with van der Waals surface area (Å²) in [5.41, 5.74) is 0. The van der Waals surface area contributed by atoms with Gasteiger partial charge in [-0.2, -0.15) is 0 Å². The van der Waals surface area contributed by atoms with Crippen LogP contribution in [0.5, 0.6) is 0 Å². The van der Waals surface area contributed by atoms with Gasteiger partial charge in [-0.1, -0.05) is 202 Å². The van der Waals surface area contributed by atoms with E-state index in [9.17, 15) is 14.4 Å². The summed E-state index contributed by atoms with van der Waals surface area (Å²) in [5.74, 6) is -0.991. The fourth-order valence-electron chi connectivity index (χ4n) is 7.07. The number of unbranched alkanes of at least 4 members (excludes halogenated alkanes) is 23. The normalized spacial score (nSPS) is 12.7. The number of hydrogen-bond acceptors (Lipinski definition) is 6. The van der Waals surface area contributed by atoms with Gasteiger partial charge in [0.1, 0.15) is 13.2 Å². The second-order valence-corrected chi connectivity index (χ2v) is 17.5. The Morgan fingerprint density at radius 3 is 1.09 bits per heavy atom. The summed E-state index contributed by atoms with van der Waals surface area (Å²) in [6.07, 6.45) is 67.1. The monoisotopic (exact) mass is 891 g/mol. The van der Waals surface area contributed by atoms with E-state index in [0.717, 1.165) is 89.9 Å². The maximum Gasteiger partial charge on any atom is 0.306 e. The van der Waals surface area contributed by atoms with Crippen molar-refractivity contribution in [2.75, 3.05) is 13.2 Å². The predicted molar refractivity (Wildman–Crippen MR) is 274 cm³/mol. The molecule has 0 aliphatic carbocycles. The average Bonchev–Trinajstić information content (AvgIpc) is 3.29. The molecule has 0 aliphatic heterocycles. The third kappa shape index (κ3) is 49.6. The van der Waals surface area contributed by atoms with Gasteiger partial charge < -0.3 is 14.2 Å². The maximum atomic E-state index is 12.8. The van der Waals surface area contributed by atoms with E-state index in [-0.39, 0.29) is 37.5 Å². The summed E-state index contributed by atoms with van der Waals surface area (Å²) < 4.78 is 16.7. The SMILES string of the molecule is CCCCC/C=C\C=C/CCCCCCCCC(=O)OC(COC(=O)CCC/C=C\C/C=C\C/C=C\C/C=C\CCCCC)COC(=O)CCCCC/C=C\CCCCCCCCC. The van der Waals surface area contributed by atoms with Gasteiger partial charge in [0.05, 0.1) is 0 Å². The number of rotatable bonds is 47. The highest BCUT2D eigenvalue weighted by Gasteiger charge is 2.19. The molecule has 64 heavy (non-hydrogen) atoms. The summed E-state index contributed by atoms with van der Waals surface area (Å²) >= 11 is 0. The van der Waals surface area contributed by atoms with Gasteiger partial charge in [-0.3, -0.25) is 14.4 Å². The van der Waals surface area contributed by atoms with E-state index >= 15 is 0 Å². The molecule has 0 heterocycles. The maximum absolute atomic E-state index is 12.8. The van der Waals surface area contributed by atoms with E-state index in [2.05, 4.69) is 106 Å². The largest absolute Gasteiger partial charge is 0.462 e. The molecule has 0 saturated heterocycles.